The highest BCUT2D eigenvalue weighted by Crippen LogP contribution is 2.36. The van der Waals surface area contributed by atoms with E-state index in [0.717, 1.165) is 29.9 Å². The van der Waals surface area contributed by atoms with Crippen LogP contribution >= 0.6 is 0 Å². The van der Waals surface area contributed by atoms with Gasteiger partial charge in [-0.05, 0) is 32.6 Å². The average molecular weight is 264 g/mol. The molecule has 0 aromatic carbocycles. The fourth-order valence-corrected chi connectivity index (χ4v) is 2.23. The molecule has 106 valence electrons. The van der Waals surface area contributed by atoms with Crippen molar-refractivity contribution in [3.63, 3.8) is 0 Å². The molecule has 2 rings (SSSR count). The first kappa shape index (κ1) is 14.1. The van der Waals surface area contributed by atoms with Crippen LogP contribution in [0.25, 0.3) is 0 Å². The van der Waals surface area contributed by atoms with Gasteiger partial charge in [0.2, 0.25) is 0 Å². The molecule has 1 saturated carbocycles. The van der Waals surface area contributed by atoms with Gasteiger partial charge < -0.3 is 15.0 Å². The molecule has 19 heavy (non-hydrogen) atoms. The molecule has 1 atom stereocenters. The average Bonchev–Trinajstić information content (AvgIpc) is 3.22. The Balaban J connectivity index is 2.21. The lowest BCUT2D eigenvalue weighted by Crippen LogP contribution is -2.31. The second-order valence-corrected chi connectivity index (χ2v) is 5.18. The van der Waals surface area contributed by atoms with Crippen molar-refractivity contribution in [1.29, 1.82) is 0 Å². The zero-order valence-corrected chi connectivity index (χ0v) is 12.3. The van der Waals surface area contributed by atoms with Gasteiger partial charge in [0.25, 0.3) is 0 Å². The molecule has 5 heteroatoms. The molecule has 1 unspecified atom stereocenters. The van der Waals surface area contributed by atoms with Crippen LogP contribution in [0.3, 0.4) is 0 Å². The van der Waals surface area contributed by atoms with Crippen molar-refractivity contribution in [1.82, 2.24) is 9.97 Å². The number of hydrogen-bond acceptors (Lipinski definition) is 5. The quantitative estimate of drug-likeness (QED) is 0.819. The highest BCUT2D eigenvalue weighted by Gasteiger charge is 2.31. The summed E-state index contributed by atoms with van der Waals surface area (Å²) in [5.41, 5.74) is 0. The lowest BCUT2D eigenvalue weighted by Gasteiger charge is -2.26. The Morgan fingerprint density at radius 1 is 1.47 bits per heavy atom. The molecule has 1 aliphatic rings. The van der Waals surface area contributed by atoms with E-state index in [4.69, 9.17) is 4.74 Å². The first-order valence-electron chi connectivity index (χ1n) is 6.99. The van der Waals surface area contributed by atoms with Crippen LogP contribution in [0.1, 0.15) is 32.5 Å². The van der Waals surface area contributed by atoms with Crippen molar-refractivity contribution in [2.45, 2.75) is 39.3 Å². The molecular weight excluding hydrogens is 240 g/mol. The minimum absolute atomic E-state index is 0.442. The van der Waals surface area contributed by atoms with Crippen molar-refractivity contribution in [2.24, 2.45) is 5.92 Å². The number of aromatic nitrogens is 2. The van der Waals surface area contributed by atoms with E-state index in [-0.39, 0.29) is 0 Å². The highest BCUT2D eigenvalue weighted by molar-refractivity contribution is 5.49. The van der Waals surface area contributed by atoms with E-state index in [1.54, 1.807) is 7.11 Å². The van der Waals surface area contributed by atoms with Crippen LogP contribution in [0.15, 0.2) is 6.07 Å². The van der Waals surface area contributed by atoms with E-state index in [1.807, 2.05) is 6.07 Å². The topological polar surface area (TPSA) is 50.3 Å². The number of nitrogens with one attached hydrogen (secondary N) is 1. The van der Waals surface area contributed by atoms with Crippen LogP contribution in [0.5, 0.6) is 0 Å². The highest BCUT2D eigenvalue weighted by atomic mass is 16.5. The largest absolute Gasteiger partial charge is 0.377 e. The van der Waals surface area contributed by atoms with Crippen LogP contribution in [-0.2, 0) is 11.3 Å². The Bertz CT molecular complexity index is 396. The lowest BCUT2D eigenvalue weighted by molar-refractivity contribution is 0.178. The van der Waals surface area contributed by atoms with E-state index in [1.165, 1.54) is 12.8 Å². The molecule has 0 amide bonds. The van der Waals surface area contributed by atoms with Crippen molar-refractivity contribution < 1.29 is 4.74 Å². The normalized spacial score (nSPS) is 16.2. The van der Waals surface area contributed by atoms with Crippen molar-refractivity contribution in [3.05, 3.63) is 11.9 Å². The minimum Gasteiger partial charge on any atom is -0.377 e. The minimum atomic E-state index is 0.442. The van der Waals surface area contributed by atoms with Gasteiger partial charge in [-0.2, -0.15) is 0 Å². The first-order valence-corrected chi connectivity index (χ1v) is 6.99. The summed E-state index contributed by atoms with van der Waals surface area (Å²) in [6.07, 6.45) is 2.67. The maximum absolute atomic E-state index is 5.14. The van der Waals surface area contributed by atoms with Crippen LogP contribution in [0, 0.1) is 5.92 Å². The smallest absolute Gasteiger partial charge is 0.158 e. The monoisotopic (exact) mass is 264 g/mol. The van der Waals surface area contributed by atoms with Crippen LogP contribution in [0.4, 0.5) is 11.6 Å². The summed E-state index contributed by atoms with van der Waals surface area (Å²) < 4.78 is 5.14. The molecule has 5 nitrogen and oxygen atoms in total. The van der Waals surface area contributed by atoms with E-state index in [0.29, 0.717) is 12.6 Å². The van der Waals surface area contributed by atoms with Crippen LogP contribution in [-0.4, -0.2) is 36.7 Å². The molecule has 0 radical (unpaired) electrons. The van der Waals surface area contributed by atoms with Crippen molar-refractivity contribution in [2.75, 3.05) is 30.9 Å². The number of nitrogens with zero attached hydrogens (tertiary/aromatic N) is 3. The van der Waals surface area contributed by atoms with Crippen LogP contribution < -0.4 is 10.2 Å². The number of hydrogen-bond donors (Lipinski definition) is 1. The second kappa shape index (κ2) is 6.19. The third kappa shape index (κ3) is 3.56. The summed E-state index contributed by atoms with van der Waals surface area (Å²) in [6.45, 7) is 5.62. The zero-order valence-electron chi connectivity index (χ0n) is 12.3. The number of anilines is 2. The third-order valence-electron chi connectivity index (χ3n) is 3.67. The van der Waals surface area contributed by atoms with Gasteiger partial charge in [-0.15, -0.1) is 0 Å². The summed E-state index contributed by atoms with van der Waals surface area (Å²) in [4.78, 5) is 11.3. The third-order valence-corrected chi connectivity index (χ3v) is 3.67. The molecule has 1 N–H and O–H groups in total. The molecule has 1 aliphatic carbocycles. The molecule has 1 aromatic heterocycles. The standard InChI is InChI=1S/C14H24N4O/c1-5-15-12-8-14(17-13(16-12)9-19-4)18(3)10(2)11-6-7-11/h8,10-11H,5-7,9H2,1-4H3,(H,15,16,17). The number of rotatable bonds is 7. The molecule has 0 spiro atoms. The molecule has 0 aliphatic heterocycles. The maximum Gasteiger partial charge on any atom is 0.158 e. The van der Waals surface area contributed by atoms with Gasteiger partial charge in [-0.3, -0.25) is 0 Å². The fraction of sp³-hybridized carbons (Fsp3) is 0.714. The summed E-state index contributed by atoms with van der Waals surface area (Å²) in [7, 11) is 3.77. The van der Waals surface area contributed by atoms with Gasteiger partial charge in [-0.1, -0.05) is 0 Å². The van der Waals surface area contributed by atoms with E-state index in [2.05, 4.69) is 41.1 Å². The summed E-state index contributed by atoms with van der Waals surface area (Å²) in [5, 5.41) is 3.25. The predicted octanol–water partition coefficient (Wildman–Crippen LogP) is 2.29. The van der Waals surface area contributed by atoms with Gasteiger partial charge in [-0.25, -0.2) is 9.97 Å². The Morgan fingerprint density at radius 3 is 2.79 bits per heavy atom. The van der Waals surface area contributed by atoms with E-state index in [9.17, 15) is 0 Å². The number of ether oxygens (including phenoxy) is 1. The molecule has 0 bridgehead atoms. The van der Waals surface area contributed by atoms with Gasteiger partial charge >= 0.3 is 0 Å². The Hall–Kier alpha value is -1.36. The van der Waals surface area contributed by atoms with Gasteiger partial charge in [0, 0.05) is 32.8 Å². The van der Waals surface area contributed by atoms with Gasteiger partial charge in [0.1, 0.15) is 18.2 Å². The SMILES string of the molecule is CCNc1cc(N(C)C(C)C2CC2)nc(COC)n1. The Labute approximate surface area is 115 Å². The molecular formula is C14H24N4O. The molecule has 1 aromatic rings. The van der Waals surface area contributed by atoms with Crippen molar-refractivity contribution >= 4 is 11.6 Å². The predicted molar refractivity (Wildman–Crippen MR) is 77.5 cm³/mol. The Morgan fingerprint density at radius 2 is 2.21 bits per heavy atom. The lowest BCUT2D eigenvalue weighted by atomic mass is 10.2. The first-order chi connectivity index (χ1) is 9.15. The fourth-order valence-electron chi connectivity index (χ4n) is 2.23. The van der Waals surface area contributed by atoms with Gasteiger partial charge in [0.05, 0.1) is 0 Å². The summed E-state index contributed by atoms with van der Waals surface area (Å²) in [5.74, 6) is 3.38. The van der Waals surface area contributed by atoms with E-state index < -0.39 is 0 Å². The summed E-state index contributed by atoms with van der Waals surface area (Å²) >= 11 is 0. The Kier molecular flexibility index (Phi) is 4.58. The zero-order chi connectivity index (χ0) is 13.8. The molecule has 0 saturated heterocycles. The van der Waals surface area contributed by atoms with Crippen molar-refractivity contribution in [3.8, 4) is 0 Å². The van der Waals surface area contributed by atoms with Crippen LogP contribution in [0.2, 0.25) is 0 Å². The molecule has 1 heterocycles. The molecule has 1 fully saturated rings. The summed E-state index contributed by atoms with van der Waals surface area (Å²) in [6, 6.07) is 2.54. The second-order valence-electron chi connectivity index (χ2n) is 5.18. The van der Waals surface area contributed by atoms with E-state index >= 15 is 0 Å². The number of methoxy groups -OCH3 is 1. The van der Waals surface area contributed by atoms with Gasteiger partial charge in [0.15, 0.2) is 5.82 Å². The maximum atomic E-state index is 5.14.